The average molecular weight is 1080 g/mol. The molecule has 0 fully saturated rings. The zero-order valence-corrected chi connectivity index (χ0v) is 45.3. The molecule has 2 aliphatic heterocycles. The Morgan fingerprint density at radius 1 is 0.310 bits per heavy atom. The van der Waals surface area contributed by atoms with Crippen LogP contribution in [0.25, 0.3) is 85.4 Å². The van der Waals surface area contributed by atoms with Crippen LogP contribution in [0.3, 0.4) is 0 Å². The number of aromatic nitrogens is 4. The van der Waals surface area contributed by atoms with E-state index in [1.807, 2.05) is 103 Å². The minimum absolute atomic E-state index is 0.657. The number of benzene rings is 8. The van der Waals surface area contributed by atoms with Gasteiger partial charge in [-0.2, -0.15) is 0 Å². The molecule has 11 aromatic rings. The van der Waals surface area contributed by atoms with E-state index in [9.17, 15) is 0 Å². The SMILES string of the molecule is Nc1cccc(C#Cc2ccc(-c3c(-c4ccc(C#Cc5cccc(N)c5)cc4)c4c(-c5ccc(C#Cc6cccc(N)c6)cc5)c5nc(cc6ccc(cc7nc(cc3n4-c3ccc(C#Cc4cccc(N)c4)cc3)C=C7)[nH]6)C=C5)cc2)c1. The molecule has 0 radical (unpaired) electrons. The van der Waals surface area contributed by atoms with Crippen LogP contribution in [0, 0.1) is 47.4 Å². The van der Waals surface area contributed by atoms with E-state index in [4.69, 9.17) is 32.9 Å². The Kier molecular flexibility index (Phi) is 13.7. The fourth-order valence-corrected chi connectivity index (χ4v) is 10.3. The van der Waals surface area contributed by atoms with E-state index < -0.39 is 0 Å². The van der Waals surface area contributed by atoms with Crippen molar-refractivity contribution in [1.82, 2.24) is 19.5 Å². The lowest BCUT2D eigenvalue weighted by Gasteiger charge is -2.14. The summed E-state index contributed by atoms with van der Waals surface area (Å²) in [6, 6.07) is 74.6. The molecule has 0 saturated carbocycles. The molecule has 0 saturated heterocycles. The van der Waals surface area contributed by atoms with Crippen LogP contribution in [0.5, 0.6) is 0 Å². The zero-order valence-electron chi connectivity index (χ0n) is 45.3. The number of anilines is 4. The lowest BCUT2D eigenvalue weighted by molar-refractivity contribution is 1.17. The Morgan fingerprint density at radius 3 is 1.10 bits per heavy atom. The number of H-pyrrole nitrogens is 1. The van der Waals surface area contributed by atoms with Crippen LogP contribution in [-0.2, 0) is 0 Å². The van der Waals surface area contributed by atoms with Crippen molar-refractivity contribution in [1.29, 1.82) is 0 Å². The predicted octanol–water partition coefficient (Wildman–Crippen LogP) is 15.0. The summed E-state index contributed by atoms with van der Waals surface area (Å²) in [5.74, 6) is 26.8. The molecule has 9 N–H and O–H groups in total. The quantitative estimate of drug-likeness (QED) is 0.0875. The summed E-state index contributed by atoms with van der Waals surface area (Å²) in [5, 5.41) is 0. The van der Waals surface area contributed by atoms with Gasteiger partial charge in [0.1, 0.15) is 0 Å². The van der Waals surface area contributed by atoms with Gasteiger partial charge in [0.2, 0.25) is 0 Å². The largest absolute Gasteiger partial charge is 0.399 e. The van der Waals surface area contributed by atoms with Gasteiger partial charge < -0.3 is 32.5 Å². The molecule has 0 unspecified atom stereocenters. The Hall–Kier alpha value is -12.2. The monoisotopic (exact) mass is 1070 g/mol. The molecule has 0 atom stereocenters. The van der Waals surface area contributed by atoms with E-state index in [2.05, 4.69) is 203 Å². The van der Waals surface area contributed by atoms with Gasteiger partial charge in [0.05, 0.1) is 33.8 Å². The number of nitrogens with zero attached hydrogens (tertiary/aromatic N) is 3. The van der Waals surface area contributed by atoms with Crippen LogP contribution in [-0.4, -0.2) is 19.5 Å². The first kappa shape index (κ1) is 51.3. The van der Waals surface area contributed by atoms with Gasteiger partial charge in [0.25, 0.3) is 0 Å². The molecule has 84 heavy (non-hydrogen) atoms. The van der Waals surface area contributed by atoms with Crippen LogP contribution in [0.15, 0.2) is 224 Å². The second kappa shape index (κ2) is 22.5. The van der Waals surface area contributed by atoms with Gasteiger partial charge in [0.15, 0.2) is 0 Å². The van der Waals surface area contributed by atoms with Gasteiger partial charge >= 0.3 is 0 Å². The number of nitrogens with two attached hydrogens (primary N) is 4. The van der Waals surface area contributed by atoms with Crippen LogP contribution < -0.4 is 22.9 Å². The Labute approximate surface area is 487 Å². The van der Waals surface area contributed by atoms with Gasteiger partial charge in [-0.3, -0.25) is 0 Å². The summed E-state index contributed by atoms with van der Waals surface area (Å²) in [4.78, 5) is 14.3. The second-order valence-corrected chi connectivity index (χ2v) is 20.3. The molecule has 8 heteroatoms. The molecule has 5 heterocycles. The highest BCUT2D eigenvalue weighted by Gasteiger charge is 2.26. The minimum Gasteiger partial charge on any atom is -0.399 e. The molecule has 0 aliphatic carbocycles. The third-order valence-electron chi connectivity index (χ3n) is 14.3. The van der Waals surface area contributed by atoms with Crippen molar-refractivity contribution in [3.63, 3.8) is 0 Å². The average Bonchev–Trinajstić information content (AvgIpc) is 1.84. The summed E-state index contributed by atoms with van der Waals surface area (Å²) in [6.45, 7) is 0. The van der Waals surface area contributed by atoms with Crippen LogP contribution in [0.4, 0.5) is 22.7 Å². The normalized spacial score (nSPS) is 11.0. The summed E-state index contributed by atoms with van der Waals surface area (Å²) in [6.07, 6.45) is 8.29. The lowest BCUT2D eigenvalue weighted by atomic mass is 9.92. The summed E-state index contributed by atoms with van der Waals surface area (Å²) >= 11 is 0. The summed E-state index contributed by atoms with van der Waals surface area (Å²) in [7, 11) is 0. The first-order valence-electron chi connectivity index (χ1n) is 27.3. The fourth-order valence-electron chi connectivity index (χ4n) is 10.3. The Balaban J connectivity index is 1.14. The molecular formula is C76H50N8. The van der Waals surface area contributed by atoms with Crippen LogP contribution in [0.1, 0.15) is 67.3 Å². The van der Waals surface area contributed by atoms with Gasteiger partial charge in [-0.05, 0) is 205 Å². The molecule has 2 aliphatic rings. The highest BCUT2D eigenvalue weighted by molar-refractivity contribution is 6.11. The predicted molar refractivity (Wildman–Crippen MR) is 347 cm³/mol. The summed E-state index contributed by atoms with van der Waals surface area (Å²) < 4.78 is 2.35. The maximum atomic E-state index is 6.17. The van der Waals surface area contributed by atoms with Gasteiger partial charge in [-0.1, -0.05) is 108 Å². The number of hydrogen-bond donors (Lipinski definition) is 5. The van der Waals surface area contributed by atoms with Gasteiger partial charge in [-0.25, -0.2) is 9.97 Å². The molecular weight excluding hydrogens is 1020 g/mol. The van der Waals surface area contributed by atoms with Gasteiger partial charge in [-0.15, -0.1) is 0 Å². The van der Waals surface area contributed by atoms with Crippen molar-refractivity contribution in [3.8, 4) is 86.4 Å². The van der Waals surface area contributed by atoms with E-state index >= 15 is 0 Å². The second-order valence-electron chi connectivity index (χ2n) is 20.3. The maximum absolute atomic E-state index is 6.17. The zero-order chi connectivity index (χ0) is 56.9. The number of nitrogens with one attached hydrogen (secondary N) is 1. The number of aromatic amines is 1. The maximum Gasteiger partial charge on any atom is 0.0737 e. The van der Waals surface area contributed by atoms with E-state index in [0.717, 1.165) is 128 Å². The van der Waals surface area contributed by atoms with Crippen molar-refractivity contribution in [2.24, 2.45) is 0 Å². The standard InChI is InChI=1S/C76H50N8/c77-61-9-1-5-54(43-61)17-13-50-21-29-58(30-22-50)73-71-42-39-68(83-71)48-67-36-35-65(81-67)47-66-37-38-69(82-66)49-72-74(59-31-23-51(24-32-59)14-18-55-6-2-10-62(78)44-55)75(60-33-25-52(26-34-60)15-19-56-7-3-11-63(79)45-56)76(73)84(72)70-40-27-53(28-41-70)16-20-57-8-4-12-64(80)46-57/h1-12,21-49,81H,77-80H2. The molecule has 0 amide bonds. The number of hydrogen-bond acceptors (Lipinski definition) is 6. The van der Waals surface area contributed by atoms with Crippen molar-refractivity contribution in [2.75, 3.05) is 22.9 Å². The molecule has 3 aromatic heterocycles. The summed E-state index contributed by atoms with van der Waals surface area (Å²) in [5.41, 5.74) is 47.2. The molecule has 394 valence electrons. The minimum atomic E-state index is 0.657. The Morgan fingerprint density at radius 2 is 0.667 bits per heavy atom. The Bertz CT molecular complexity index is 4930. The number of fused-ring (bicyclic) bond motifs is 8. The van der Waals surface area contributed by atoms with Crippen molar-refractivity contribution < 1.29 is 0 Å². The molecule has 8 bridgehead atoms. The van der Waals surface area contributed by atoms with E-state index in [1.54, 1.807) is 0 Å². The van der Waals surface area contributed by atoms with Gasteiger partial charge in [0, 0.05) is 101 Å². The fraction of sp³-hybridized carbons (Fsp3) is 0. The molecule has 8 aromatic carbocycles. The van der Waals surface area contributed by atoms with E-state index in [0.29, 0.717) is 22.7 Å². The lowest BCUT2D eigenvalue weighted by Crippen LogP contribution is -1.98. The molecule has 8 nitrogen and oxygen atoms in total. The van der Waals surface area contributed by atoms with Crippen molar-refractivity contribution in [3.05, 3.63) is 292 Å². The number of rotatable bonds is 4. The topological polar surface area (TPSA) is 151 Å². The molecule has 13 rings (SSSR count). The van der Waals surface area contributed by atoms with Crippen LogP contribution >= 0.6 is 0 Å². The third-order valence-corrected chi connectivity index (χ3v) is 14.3. The van der Waals surface area contributed by atoms with E-state index in [-0.39, 0.29) is 0 Å². The van der Waals surface area contributed by atoms with E-state index in [1.165, 1.54) is 0 Å². The first-order chi connectivity index (χ1) is 41.2. The van der Waals surface area contributed by atoms with Crippen molar-refractivity contribution >= 4 is 69.1 Å². The highest BCUT2D eigenvalue weighted by atomic mass is 15.0. The smallest absolute Gasteiger partial charge is 0.0737 e. The first-order valence-corrected chi connectivity index (χ1v) is 27.3. The highest BCUT2D eigenvalue weighted by Crippen LogP contribution is 2.47. The number of nitrogen functional groups attached to an aromatic ring is 4. The van der Waals surface area contributed by atoms with Crippen molar-refractivity contribution in [2.45, 2.75) is 0 Å². The third kappa shape index (κ3) is 11.3. The van der Waals surface area contributed by atoms with Crippen LogP contribution in [0.2, 0.25) is 0 Å². The molecule has 0 spiro atoms.